The monoisotopic (exact) mass is 303 g/mol. The molecule has 4 rings (SSSR count). The second kappa shape index (κ2) is 5.02. The fourth-order valence-electron chi connectivity index (χ4n) is 3.46. The van der Waals surface area contributed by atoms with Gasteiger partial charge in [-0.2, -0.15) is 0 Å². The zero-order valence-electron chi connectivity index (χ0n) is 12.6. The van der Waals surface area contributed by atoms with E-state index in [1.807, 2.05) is 36.5 Å². The van der Waals surface area contributed by atoms with Gasteiger partial charge in [0.15, 0.2) is 0 Å². The van der Waals surface area contributed by atoms with Crippen LogP contribution >= 0.6 is 0 Å². The smallest absolute Gasteiger partial charge is 0.315 e. The van der Waals surface area contributed by atoms with E-state index in [0.717, 1.165) is 33.2 Å². The summed E-state index contributed by atoms with van der Waals surface area (Å²) in [6.07, 6.45) is 3.79. The van der Waals surface area contributed by atoms with Crippen LogP contribution in [-0.4, -0.2) is 15.9 Å². The van der Waals surface area contributed by atoms with Gasteiger partial charge in [0.25, 0.3) is 0 Å². The average molecular weight is 303 g/mol. The molecule has 0 bridgehead atoms. The minimum atomic E-state index is -0.406. The Hall–Kier alpha value is -3.01. The number of rotatable bonds is 2. The Balaban J connectivity index is 1.92. The molecule has 23 heavy (non-hydrogen) atoms. The van der Waals surface area contributed by atoms with Crippen LogP contribution in [0.15, 0.2) is 55.2 Å². The molecule has 0 fully saturated rings. The van der Waals surface area contributed by atoms with Crippen LogP contribution in [0.25, 0.3) is 17.0 Å². The van der Waals surface area contributed by atoms with Gasteiger partial charge < -0.3 is 15.6 Å². The van der Waals surface area contributed by atoms with E-state index in [1.165, 1.54) is 0 Å². The second-order valence-corrected chi connectivity index (χ2v) is 5.82. The van der Waals surface area contributed by atoms with Crippen LogP contribution in [0.3, 0.4) is 0 Å². The molecule has 0 saturated heterocycles. The van der Waals surface area contributed by atoms with E-state index >= 15 is 0 Å². The van der Waals surface area contributed by atoms with Gasteiger partial charge in [0.2, 0.25) is 0 Å². The number of aromatic nitrogens is 1. The van der Waals surface area contributed by atoms with Crippen LogP contribution in [0.4, 0.5) is 4.79 Å². The first-order chi connectivity index (χ1) is 11.2. The summed E-state index contributed by atoms with van der Waals surface area (Å²) in [6, 6.07) is 13.7. The maximum Gasteiger partial charge on any atom is 0.315 e. The molecule has 3 aromatic rings. The second-order valence-electron chi connectivity index (χ2n) is 5.82. The molecule has 2 amide bonds. The average Bonchev–Trinajstić information content (AvgIpc) is 3.14. The predicted molar refractivity (Wildman–Crippen MR) is 91.8 cm³/mol. The Bertz CT molecular complexity index is 925. The van der Waals surface area contributed by atoms with Crippen molar-refractivity contribution < 1.29 is 4.79 Å². The van der Waals surface area contributed by atoms with Crippen LogP contribution in [0.2, 0.25) is 0 Å². The summed E-state index contributed by atoms with van der Waals surface area (Å²) in [5.41, 5.74) is 11.1. The van der Waals surface area contributed by atoms with Crippen molar-refractivity contribution in [2.45, 2.75) is 12.6 Å². The molecule has 1 aliphatic rings. The molecule has 1 unspecified atom stereocenters. The molecule has 0 aliphatic carbocycles. The molecule has 0 spiro atoms. The maximum absolute atomic E-state index is 12.0. The zero-order valence-corrected chi connectivity index (χ0v) is 12.6. The zero-order chi connectivity index (χ0) is 16.0. The van der Waals surface area contributed by atoms with Crippen molar-refractivity contribution in [1.82, 2.24) is 9.88 Å². The van der Waals surface area contributed by atoms with E-state index < -0.39 is 6.03 Å². The number of benzene rings is 2. The van der Waals surface area contributed by atoms with E-state index in [9.17, 15) is 4.79 Å². The standard InChI is InChI=1S/C19H17N3O/c1-2-12-7-8-14-13(9-12)11-22(19(20)23)18(14)16-10-21-17-6-4-3-5-15(16)17/h2-10,18,21H,1,11H2,(H2,20,23). The van der Waals surface area contributed by atoms with Gasteiger partial charge >= 0.3 is 6.03 Å². The SMILES string of the molecule is C=Cc1ccc2c(c1)CN(C(N)=O)C2c1c[nH]c2ccccc12. The molecular weight excluding hydrogens is 286 g/mol. The van der Waals surface area contributed by atoms with Gasteiger partial charge in [0, 0.05) is 29.2 Å². The normalized spacial score (nSPS) is 16.5. The van der Waals surface area contributed by atoms with E-state index in [1.54, 1.807) is 4.90 Å². The topological polar surface area (TPSA) is 62.1 Å². The van der Waals surface area contributed by atoms with E-state index in [2.05, 4.69) is 29.8 Å². The quantitative estimate of drug-likeness (QED) is 0.743. The van der Waals surface area contributed by atoms with Gasteiger partial charge in [-0.05, 0) is 28.8 Å². The number of fused-ring (bicyclic) bond motifs is 2. The lowest BCUT2D eigenvalue weighted by molar-refractivity contribution is 0.199. The minimum absolute atomic E-state index is 0.155. The van der Waals surface area contributed by atoms with Crippen molar-refractivity contribution in [1.29, 1.82) is 0 Å². The van der Waals surface area contributed by atoms with Crippen molar-refractivity contribution in [3.05, 3.63) is 77.5 Å². The molecule has 4 heteroatoms. The lowest BCUT2D eigenvalue weighted by Crippen LogP contribution is -2.34. The number of para-hydroxylation sites is 1. The van der Waals surface area contributed by atoms with Crippen molar-refractivity contribution in [3.63, 3.8) is 0 Å². The first-order valence-corrected chi connectivity index (χ1v) is 7.56. The summed E-state index contributed by atoms with van der Waals surface area (Å²) in [7, 11) is 0. The van der Waals surface area contributed by atoms with E-state index in [-0.39, 0.29) is 6.04 Å². The Morgan fingerprint density at radius 2 is 2.09 bits per heavy atom. The molecule has 3 N–H and O–H groups in total. The third-order valence-electron chi connectivity index (χ3n) is 4.55. The molecule has 1 aromatic heterocycles. The summed E-state index contributed by atoms with van der Waals surface area (Å²) >= 11 is 0. The third kappa shape index (κ3) is 2.03. The highest BCUT2D eigenvalue weighted by Gasteiger charge is 2.35. The number of nitrogens with two attached hydrogens (primary N) is 1. The first kappa shape index (κ1) is 13.6. The fourth-order valence-corrected chi connectivity index (χ4v) is 3.46. The van der Waals surface area contributed by atoms with Crippen molar-refractivity contribution >= 4 is 23.0 Å². The van der Waals surface area contributed by atoms with Gasteiger partial charge in [-0.15, -0.1) is 0 Å². The minimum Gasteiger partial charge on any atom is -0.361 e. The third-order valence-corrected chi connectivity index (χ3v) is 4.55. The Morgan fingerprint density at radius 1 is 1.26 bits per heavy atom. The van der Waals surface area contributed by atoms with Gasteiger partial charge in [-0.3, -0.25) is 0 Å². The lowest BCUT2D eigenvalue weighted by Gasteiger charge is -2.23. The number of hydrogen-bond donors (Lipinski definition) is 2. The molecule has 2 aromatic carbocycles. The molecule has 2 heterocycles. The highest BCUT2D eigenvalue weighted by Crippen LogP contribution is 2.41. The summed E-state index contributed by atoms with van der Waals surface area (Å²) in [5, 5.41) is 1.12. The van der Waals surface area contributed by atoms with Crippen LogP contribution in [0, 0.1) is 0 Å². The van der Waals surface area contributed by atoms with Crippen LogP contribution in [0.5, 0.6) is 0 Å². The first-order valence-electron chi connectivity index (χ1n) is 7.56. The highest BCUT2D eigenvalue weighted by atomic mass is 16.2. The van der Waals surface area contributed by atoms with Crippen molar-refractivity contribution in [2.24, 2.45) is 5.73 Å². The predicted octanol–water partition coefficient (Wildman–Crippen LogP) is 3.79. The number of nitrogens with one attached hydrogen (secondary N) is 1. The fraction of sp³-hybridized carbons (Fsp3) is 0.105. The van der Waals surface area contributed by atoms with Crippen molar-refractivity contribution in [3.8, 4) is 0 Å². The van der Waals surface area contributed by atoms with E-state index in [0.29, 0.717) is 6.54 Å². The highest BCUT2D eigenvalue weighted by molar-refractivity contribution is 5.85. The lowest BCUT2D eigenvalue weighted by atomic mass is 9.96. The number of amides is 2. The molecule has 1 atom stereocenters. The molecule has 114 valence electrons. The number of primary amides is 1. The van der Waals surface area contributed by atoms with Crippen LogP contribution in [-0.2, 0) is 6.54 Å². The Morgan fingerprint density at radius 3 is 2.87 bits per heavy atom. The number of H-pyrrole nitrogens is 1. The summed E-state index contributed by atoms with van der Waals surface area (Å²) < 4.78 is 0. The Labute approximate surface area is 134 Å². The van der Waals surface area contributed by atoms with Gasteiger partial charge in [-0.1, -0.05) is 43.0 Å². The van der Waals surface area contributed by atoms with Gasteiger partial charge in [0.05, 0.1) is 6.04 Å². The summed E-state index contributed by atoms with van der Waals surface area (Å²) in [4.78, 5) is 17.0. The number of carbonyl (C=O) groups is 1. The molecule has 4 nitrogen and oxygen atoms in total. The molecule has 0 radical (unpaired) electrons. The van der Waals surface area contributed by atoms with Crippen LogP contribution in [0.1, 0.15) is 28.3 Å². The molecular formula is C19H17N3O. The number of aromatic amines is 1. The number of urea groups is 1. The maximum atomic E-state index is 12.0. The number of nitrogens with zero attached hydrogens (tertiary/aromatic N) is 1. The molecule has 1 aliphatic heterocycles. The Kier molecular flexibility index (Phi) is 2.98. The van der Waals surface area contributed by atoms with Crippen molar-refractivity contribution in [2.75, 3.05) is 0 Å². The summed E-state index contributed by atoms with van der Waals surface area (Å²) in [6.45, 7) is 4.33. The number of carbonyl (C=O) groups excluding carboxylic acids is 1. The van der Waals surface area contributed by atoms with E-state index in [4.69, 9.17) is 5.73 Å². The van der Waals surface area contributed by atoms with Gasteiger partial charge in [-0.25, -0.2) is 4.79 Å². The largest absolute Gasteiger partial charge is 0.361 e. The van der Waals surface area contributed by atoms with Gasteiger partial charge in [0.1, 0.15) is 0 Å². The van der Waals surface area contributed by atoms with Crippen LogP contribution < -0.4 is 5.73 Å². The summed E-state index contributed by atoms with van der Waals surface area (Å²) in [5.74, 6) is 0. The molecule has 0 saturated carbocycles. The number of hydrogen-bond acceptors (Lipinski definition) is 1.